The molecule has 42 heavy (non-hydrogen) atoms. The van der Waals surface area contributed by atoms with Gasteiger partial charge in [0.2, 0.25) is 0 Å². The van der Waals surface area contributed by atoms with E-state index in [4.69, 9.17) is 0 Å². The van der Waals surface area contributed by atoms with E-state index in [1.807, 2.05) is 6.92 Å². The molecule has 0 fully saturated rings. The van der Waals surface area contributed by atoms with Gasteiger partial charge in [0.05, 0.1) is 5.56 Å². The first-order valence-electron chi connectivity index (χ1n) is 11.9. The van der Waals surface area contributed by atoms with E-state index in [9.17, 15) is 52.7 Å². The first kappa shape index (κ1) is 30.8. The highest BCUT2D eigenvalue weighted by Gasteiger charge is 2.43. The molecule has 0 radical (unpaired) electrons. The standard InChI is InChI=1S/C29H16F12O/c1-2-3-13-4-5-17(18(30)6-13)14-7-19(31)25(20(32)8-14)15-9-21(33)27(22(34)10-15)29(40,41)42-16-11-23(35)26(24(36)12-16)28(37,38)39/h4-12H,2-3H2,1H3. The number of ether oxygens (including phenoxy) is 1. The van der Waals surface area contributed by atoms with E-state index in [2.05, 4.69) is 4.74 Å². The fourth-order valence-electron chi connectivity index (χ4n) is 4.32. The van der Waals surface area contributed by atoms with Crippen molar-refractivity contribution in [1.82, 2.24) is 0 Å². The number of halogens is 12. The fourth-order valence-corrected chi connectivity index (χ4v) is 4.32. The summed E-state index contributed by atoms with van der Waals surface area (Å²) in [6, 6.07) is 5.06. The Bertz CT molecular complexity index is 1590. The second-order valence-corrected chi connectivity index (χ2v) is 9.07. The van der Waals surface area contributed by atoms with Gasteiger partial charge >= 0.3 is 12.3 Å². The average Bonchev–Trinajstić information content (AvgIpc) is 2.81. The smallest absolute Gasteiger partial charge is 0.429 e. The van der Waals surface area contributed by atoms with Gasteiger partial charge in [-0.05, 0) is 53.4 Å². The number of aryl methyl sites for hydroxylation is 1. The zero-order valence-electron chi connectivity index (χ0n) is 21.1. The molecule has 4 aromatic carbocycles. The lowest BCUT2D eigenvalue weighted by Crippen LogP contribution is -2.25. The molecule has 0 heterocycles. The molecule has 4 rings (SSSR count). The normalized spacial score (nSPS) is 12.1. The Kier molecular flexibility index (Phi) is 8.25. The minimum Gasteiger partial charge on any atom is -0.429 e. The SMILES string of the molecule is CCCc1ccc(-c2cc(F)c(-c3cc(F)c(C(F)(F)Oc4cc(F)c(C(F)(F)F)c(F)c4)c(F)c3)c(F)c2)c(F)c1. The fraction of sp³-hybridized carbons (Fsp3) is 0.172. The van der Waals surface area contributed by atoms with Crippen molar-refractivity contribution in [3.8, 4) is 28.0 Å². The highest BCUT2D eigenvalue weighted by atomic mass is 19.4. The highest BCUT2D eigenvalue weighted by Crippen LogP contribution is 2.41. The molecule has 0 amide bonds. The van der Waals surface area contributed by atoms with Crippen LogP contribution >= 0.6 is 0 Å². The molecule has 0 spiro atoms. The van der Waals surface area contributed by atoms with E-state index in [0.29, 0.717) is 30.5 Å². The Morgan fingerprint density at radius 1 is 0.571 bits per heavy atom. The lowest BCUT2D eigenvalue weighted by atomic mass is 9.96. The van der Waals surface area contributed by atoms with Crippen molar-refractivity contribution < 1.29 is 57.4 Å². The van der Waals surface area contributed by atoms with Crippen LogP contribution in [0.1, 0.15) is 30.0 Å². The molecule has 0 bridgehead atoms. The summed E-state index contributed by atoms with van der Waals surface area (Å²) in [7, 11) is 0. The van der Waals surface area contributed by atoms with Crippen molar-refractivity contribution >= 4 is 0 Å². The molecule has 0 N–H and O–H groups in total. The van der Waals surface area contributed by atoms with Crippen LogP contribution < -0.4 is 4.74 Å². The first-order valence-corrected chi connectivity index (χ1v) is 11.9. The van der Waals surface area contributed by atoms with Crippen molar-refractivity contribution in [3.63, 3.8) is 0 Å². The van der Waals surface area contributed by atoms with E-state index in [0.717, 1.165) is 0 Å². The zero-order valence-corrected chi connectivity index (χ0v) is 21.1. The third-order valence-electron chi connectivity index (χ3n) is 6.09. The summed E-state index contributed by atoms with van der Waals surface area (Å²) in [6.45, 7) is 1.86. The summed E-state index contributed by atoms with van der Waals surface area (Å²) in [5, 5.41) is 0. The number of rotatable bonds is 7. The monoisotopic (exact) mass is 608 g/mol. The Hall–Kier alpha value is -4.16. The van der Waals surface area contributed by atoms with Gasteiger partial charge in [-0.2, -0.15) is 22.0 Å². The van der Waals surface area contributed by atoms with E-state index in [1.165, 1.54) is 12.1 Å². The molecule has 1 nitrogen and oxygen atoms in total. The Labute approximate surface area is 230 Å². The number of hydrogen-bond donors (Lipinski definition) is 0. The minimum atomic E-state index is -5.53. The molecule has 0 aliphatic carbocycles. The molecule has 0 aliphatic heterocycles. The Balaban J connectivity index is 1.69. The number of hydrogen-bond acceptors (Lipinski definition) is 1. The second kappa shape index (κ2) is 11.3. The van der Waals surface area contributed by atoms with Crippen LogP contribution in [0.5, 0.6) is 5.75 Å². The van der Waals surface area contributed by atoms with Crippen LogP contribution in [-0.2, 0) is 18.7 Å². The molecule has 0 atom stereocenters. The highest BCUT2D eigenvalue weighted by molar-refractivity contribution is 5.72. The van der Waals surface area contributed by atoms with Gasteiger partial charge in [0, 0.05) is 17.7 Å². The molecular weight excluding hydrogens is 592 g/mol. The molecule has 0 saturated heterocycles. The van der Waals surface area contributed by atoms with E-state index in [-0.39, 0.29) is 35.4 Å². The van der Waals surface area contributed by atoms with Gasteiger partial charge in [0.1, 0.15) is 57.6 Å². The summed E-state index contributed by atoms with van der Waals surface area (Å²) >= 11 is 0. The molecular formula is C29H16F12O. The van der Waals surface area contributed by atoms with E-state index < -0.39 is 81.0 Å². The van der Waals surface area contributed by atoms with Gasteiger partial charge in [-0.3, -0.25) is 0 Å². The van der Waals surface area contributed by atoms with E-state index in [1.54, 1.807) is 6.07 Å². The van der Waals surface area contributed by atoms with E-state index >= 15 is 0 Å². The van der Waals surface area contributed by atoms with Gasteiger partial charge < -0.3 is 4.74 Å². The third kappa shape index (κ3) is 6.04. The zero-order chi connectivity index (χ0) is 31.1. The van der Waals surface area contributed by atoms with Crippen LogP contribution in [0.15, 0.2) is 54.6 Å². The molecule has 0 saturated carbocycles. The van der Waals surface area contributed by atoms with Crippen LogP contribution in [0.25, 0.3) is 22.3 Å². The van der Waals surface area contributed by atoms with Gasteiger partial charge in [-0.15, -0.1) is 0 Å². The van der Waals surface area contributed by atoms with Crippen LogP contribution in [0.4, 0.5) is 52.7 Å². The largest absolute Gasteiger partial charge is 0.432 e. The topological polar surface area (TPSA) is 9.23 Å². The summed E-state index contributed by atoms with van der Waals surface area (Å²) in [5.41, 5.74) is -6.33. The maximum atomic E-state index is 15.0. The Morgan fingerprint density at radius 3 is 1.55 bits per heavy atom. The van der Waals surface area contributed by atoms with Crippen LogP contribution in [0.2, 0.25) is 0 Å². The summed E-state index contributed by atoms with van der Waals surface area (Å²) in [6.07, 6.45) is -9.33. The van der Waals surface area contributed by atoms with Gasteiger partial charge in [0.25, 0.3) is 0 Å². The summed E-state index contributed by atoms with van der Waals surface area (Å²) in [5.74, 6) is -14.1. The van der Waals surface area contributed by atoms with Gasteiger partial charge in [-0.1, -0.05) is 25.5 Å². The second-order valence-electron chi connectivity index (χ2n) is 9.07. The van der Waals surface area contributed by atoms with Crippen molar-refractivity contribution in [3.05, 3.63) is 112 Å². The molecule has 0 aromatic heterocycles. The average molecular weight is 608 g/mol. The third-order valence-corrected chi connectivity index (χ3v) is 6.09. The molecule has 0 unspecified atom stereocenters. The predicted molar refractivity (Wildman–Crippen MR) is 127 cm³/mol. The lowest BCUT2D eigenvalue weighted by molar-refractivity contribution is -0.189. The minimum absolute atomic E-state index is 0.116. The van der Waals surface area contributed by atoms with Crippen molar-refractivity contribution in [2.75, 3.05) is 0 Å². The van der Waals surface area contributed by atoms with Crippen LogP contribution in [0, 0.1) is 40.7 Å². The van der Waals surface area contributed by atoms with Crippen LogP contribution in [0.3, 0.4) is 0 Å². The number of alkyl halides is 5. The van der Waals surface area contributed by atoms with Gasteiger partial charge in [0.15, 0.2) is 0 Å². The van der Waals surface area contributed by atoms with Crippen LogP contribution in [-0.4, -0.2) is 0 Å². The van der Waals surface area contributed by atoms with Gasteiger partial charge in [-0.25, -0.2) is 30.7 Å². The lowest BCUT2D eigenvalue weighted by Gasteiger charge is -2.21. The van der Waals surface area contributed by atoms with Crippen molar-refractivity contribution in [2.45, 2.75) is 32.1 Å². The quantitative estimate of drug-likeness (QED) is 0.190. The summed E-state index contributed by atoms with van der Waals surface area (Å²) < 4.78 is 173. The molecule has 4 aromatic rings. The maximum absolute atomic E-state index is 15.0. The van der Waals surface area contributed by atoms with Crippen molar-refractivity contribution in [1.29, 1.82) is 0 Å². The van der Waals surface area contributed by atoms with Crippen molar-refractivity contribution in [2.24, 2.45) is 0 Å². The molecule has 13 heteroatoms. The first-order chi connectivity index (χ1) is 19.5. The maximum Gasteiger partial charge on any atom is 0.432 e. The Morgan fingerprint density at radius 2 is 1.07 bits per heavy atom. The molecule has 222 valence electrons. The number of benzene rings is 4. The summed E-state index contributed by atoms with van der Waals surface area (Å²) in [4.78, 5) is 0. The molecule has 0 aliphatic rings. The predicted octanol–water partition coefficient (Wildman–Crippen LogP) is 10.1.